The van der Waals surface area contributed by atoms with Crippen LogP contribution >= 0.6 is 0 Å². The van der Waals surface area contributed by atoms with Crippen LogP contribution in [-0.4, -0.2) is 41.5 Å². The fourth-order valence-corrected chi connectivity index (χ4v) is 3.86. The quantitative estimate of drug-likeness (QED) is 0.515. The van der Waals surface area contributed by atoms with Crippen LogP contribution < -0.4 is 15.0 Å². The second kappa shape index (κ2) is 10.8. The Bertz CT molecular complexity index is 1140. The van der Waals surface area contributed by atoms with Crippen LogP contribution in [0.2, 0.25) is 0 Å². The number of carbonyl (C=O) groups is 2. The van der Waals surface area contributed by atoms with Gasteiger partial charge in [-0.15, -0.1) is 0 Å². The molecule has 1 N–H and O–H groups in total. The largest absolute Gasteiger partial charge is 0.462 e. The molecule has 1 amide bonds. The zero-order chi connectivity index (χ0) is 23.9. The summed E-state index contributed by atoms with van der Waals surface area (Å²) in [4.78, 5) is 35.8. The SMILES string of the molecule is CCOC(=O)c1cccc(NC(=O)C2CCN(c3nccnc3Oc3ccc(C)cc3)CC2)c1. The molecule has 3 aromatic rings. The molecule has 1 fully saturated rings. The number of amides is 1. The van der Waals surface area contributed by atoms with Crippen LogP contribution in [0.1, 0.15) is 35.7 Å². The summed E-state index contributed by atoms with van der Waals surface area (Å²) in [5.41, 5.74) is 2.15. The summed E-state index contributed by atoms with van der Waals surface area (Å²) in [6.45, 7) is 5.40. The lowest BCUT2D eigenvalue weighted by atomic mass is 9.95. The summed E-state index contributed by atoms with van der Waals surface area (Å²) in [5.74, 6) is 1.22. The number of esters is 1. The van der Waals surface area contributed by atoms with Crippen molar-refractivity contribution in [1.29, 1.82) is 0 Å². The Balaban J connectivity index is 1.36. The Hall–Kier alpha value is -3.94. The number of anilines is 2. The number of hydrogen-bond acceptors (Lipinski definition) is 7. The lowest BCUT2D eigenvalue weighted by molar-refractivity contribution is -0.120. The number of nitrogens with zero attached hydrogens (tertiary/aromatic N) is 3. The van der Waals surface area contributed by atoms with Crippen molar-refractivity contribution in [3.05, 3.63) is 72.1 Å². The van der Waals surface area contributed by atoms with Gasteiger partial charge in [-0.1, -0.05) is 23.8 Å². The molecule has 1 saturated heterocycles. The van der Waals surface area contributed by atoms with E-state index in [-0.39, 0.29) is 11.8 Å². The minimum absolute atomic E-state index is 0.0593. The predicted molar refractivity (Wildman–Crippen MR) is 129 cm³/mol. The van der Waals surface area contributed by atoms with Gasteiger partial charge in [0.2, 0.25) is 5.91 Å². The van der Waals surface area contributed by atoms with Crippen LogP contribution in [0.25, 0.3) is 0 Å². The van der Waals surface area contributed by atoms with Crippen LogP contribution in [-0.2, 0) is 9.53 Å². The summed E-state index contributed by atoms with van der Waals surface area (Å²) in [7, 11) is 0. The van der Waals surface area contributed by atoms with Gasteiger partial charge in [-0.25, -0.2) is 14.8 Å². The van der Waals surface area contributed by atoms with E-state index in [1.54, 1.807) is 43.6 Å². The standard InChI is InChI=1S/C26H28N4O4/c1-3-33-26(32)20-5-4-6-21(17-20)29-24(31)19-11-15-30(16-12-19)23-25(28-14-13-27-23)34-22-9-7-18(2)8-10-22/h4-10,13-14,17,19H,3,11-12,15-16H2,1-2H3,(H,29,31). The van der Waals surface area contributed by atoms with Gasteiger partial charge in [0, 0.05) is 37.1 Å². The number of aromatic nitrogens is 2. The van der Waals surface area contributed by atoms with Crippen LogP contribution in [0.3, 0.4) is 0 Å². The highest BCUT2D eigenvalue weighted by atomic mass is 16.5. The summed E-state index contributed by atoms with van der Waals surface area (Å²) >= 11 is 0. The van der Waals surface area contributed by atoms with E-state index < -0.39 is 5.97 Å². The normalized spacial score (nSPS) is 13.9. The average Bonchev–Trinajstić information content (AvgIpc) is 2.86. The number of hydrogen-bond donors (Lipinski definition) is 1. The van der Waals surface area contributed by atoms with E-state index in [0.29, 0.717) is 61.2 Å². The number of aryl methyl sites for hydroxylation is 1. The fraction of sp³-hybridized carbons (Fsp3) is 0.308. The molecule has 8 nitrogen and oxygen atoms in total. The van der Waals surface area contributed by atoms with Crippen molar-refractivity contribution in [1.82, 2.24) is 9.97 Å². The van der Waals surface area contributed by atoms with E-state index in [1.807, 2.05) is 31.2 Å². The maximum absolute atomic E-state index is 12.9. The van der Waals surface area contributed by atoms with Gasteiger partial charge in [0.1, 0.15) is 5.75 Å². The van der Waals surface area contributed by atoms with Crippen LogP contribution in [0, 0.1) is 12.8 Å². The van der Waals surface area contributed by atoms with Gasteiger partial charge in [-0.2, -0.15) is 0 Å². The molecule has 0 spiro atoms. The van der Waals surface area contributed by atoms with Crippen molar-refractivity contribution in [3.8, 4) is 11.6 Å². The third-order valence-corrected chi connectivity index (χ3v) is 5.69. The number of rotatable bonds is 7. The predicted octanol–water partition coefficient (Wildman–Crippen LogP) is 4.61. The first-order valence-corrected chi connectivity index (χ1v) is 11.4. The molecular weight excluding hydrogens is 432 g/mol. The highest BCUT2D eigenvalue weighted by molar-refractivity contribution is 5.95. The minimum atomic E-state index is -0.403. The van der Waals surface area contributed by atoms with Crippen LogP contribution in [0.5, 0.6) is 11.6 Å². The first-order chi connectivity index (χ1) is 16.5. The first kappa shape index (κ1) is 23.2. The number of ether oxygens (including phenoxy) is 2. The van der Waals surface area contributed by atoms with Crippen molar-refractivity contribution in [2.24, 2.45) is 5.92 Å². The van der Waals surface area contributed by atoms with Crippen LogP contribution in [0.15, 0.2) is 60.9 Å². The third-order valence-electron chi connectivity index (χ3n) is 5.69. The maximum atomic E-state index is 12.9. The third kappa shape index (κ3) is 5.70. The Morgan fingerprint density at radius 2 is 1.79 bits per heavy atom. The monoisotopic (exact) mass is 460 g/mol. The number of nitrogens with one attached hydrogen (secondary N) is 1. The van der Waals surface area contributed by atoms with Gasteiger partial charge < -0.3 is 19.7 Å². The van der Waals surface area contributed by atoms with Gasteiger partial charge >= 0.3 is 5.97 Å². The van der Waals surface area contributed by atoms with E-state index in [0.717, 1.165) is 5.56 Å². The number of carbonyl (C=O) groups excluding carboxylic acids is 2. The first-order valence-electron chi connectivity index (χ1n) is 11.4. The molecule has 0 bridgehead atoms. The average molecular weight is 461 g/mol. The minimum Gasteiger partial charge on any atom is -0.462 e. The Labute approximate surface area is 198 Å². The smallest absolute Gasteiger partial charge is 0.338 e. The second-order valence-corrected chi connectivity index (χ2v) is 8.15. The summed E-state index contributed by atoms with van der Waals surface area (Å²) in [5, 5.41) is 2.93. The molecule has 1 aromatic heterocycles. The molecule has 176 valence electrons. The van der Waals surface area contributed by atoms with Gasteiger partial charge in [0.25, 0.3) is 5.88 Å². The molecule has 0 saturated carbocycles. The molecule has 2 aromatic carbocycles. The molecular formula is C26H28N4O4. The van der Waals surface area contributed by atoms with Gasteiger partial charge in [-0.05, 0) is 57.0 Å². The van der Waals surface area contributed by atoms with Crippen molar-refractivity contribution < 1.29 is 19.1 Å². The molecule has 1 aliphatic heterocycles. The number of piperidine rings is 1. The fourth-order valence-electron chi connectivity index (χ4n) is 3.86. The van der Waals surface area contributed by atoms with Crippen molar-refractivity contribution in [2.45, 2.75) is 26.7 Å². The molecule has 1 aliphatic rings. The van der Waals surface area contributed by atoms with E-state index in [1.165, 1.54) is 0 Å². The molecule has 0 atom stereocenters. The number of benzene rings is 2. The molecule has 0 radical (unpaired) electrons. The van der Waals surface area contributed by atoms with E-state index in [2.05, 4.69) is 20.2 Å². The van der Waals surface area contributed by atoms with E-state index in [4.69, 9.17) is 9.47 Å². The highest BCUT2D eigenvalue weighted by Crippen LogP contribution is 2.31. The molecule has 8 heteroatoms. The highest BCUT2D eigenvalue weighted by Gasteiger charge is 2.27. The Morgan fingerprint density at radius 1 is 1.06 bits per heavy atom. The zero-order valence-corrected chi connectivity index (χ0v) is 19.4. The molecule has 2 heterocycles. The summed E-state index contributed by atoms with van der Waals surface area (Å²) in [6.07, 6.45) is 4.60. The van der Waals surface area contributed by atoms with Crippen molar-refractivity contribution in [3.63, 3.8) is 0 Å². The van der Waals surface area contributed by atoms with Gasteiger partial charge in [0.15, 0.2) is 5.82 Å². The lowest BCUT2D eigenvalue weighted by Gasteiger charge is -2.32. The van der Waals surface area contributed by atoms with Crippen molar-refractivity contribution >= 4 is 23.4 Å². The molecule has 0 unspecified atom stereocenters. The topological polar surface area (TPSA) is 93.7 Å². The molecule has 0 aliphatic carbocycles. The van der Waals surface area contributed by atoms with Gasteiger partial charge in [0.05, 0.1) is 12.2 Å². The Kier molecular flexibility index (Phi) is 7.37. The maximum Gasteiger partial charge on any atom is 0.338 e. The zero-order valence-electron chi connectivity index (χ0n) is 19.4. The lowest BCUT2D eigenvalue weighted by Crippen LogP contribution is -2.38. The van der Waals surface area contributed by atoms with Gasteiger partial charge in [-0.3, -0.25) is 4.79 Å². The molecule has 4 rings (SSSR count). The molecule has 34 heavy (non-hydrogen) atoms. The second-order valence-electron chi connectivity index (χ2n) is 8.15. The van der Waals surface area contributed by atoms with E-state index >= 15 is 0 Å². The summed E-state index contributed by atoms with van der Waals surface area (Å²) < 4.78 is 11.0. The Morgan fingerprint density at radius 3 is 2.53 bits per heavy atom. The van der Waals surface area contributed by atoms with Crippen molar-refractivity contribution in [2.75, 3.05) is 29.9 Å². The van der Waals surface area contributed by atoms with Crippen LogP contribution in [0.4, 0.5) is 11.5 Å². The van der Waals surface area contributed by atoms with E-state index in [9.17, 15) is 9.59 Å². The summed E-state index contributed by atoms with van der Waals surface area (Å²) in [6, 6.07) is 14.6.